The van der Waals surface area contributed by atoms with E-state index in [9.17, 15) is 4.79 Å². The lowest BCUT2D eigenvalue weighted by Gasteiger charge is -2.12. The van der Waals surface area contributed by atoms with E-state index in [4.69, 9.17) is 5.26 Å². The molecule has 1 N–H and O–H groups in total. The molecule has 2 heterocycles. The van der Waals surface area contributed by atoms with Crippen molar-refractivity contribution in [2.75, 3.05) is 18.9 Å². The fraction of sp³-hybridized carbons (Fsp3) is 0.364. The van der Waals surface area contributed by atoms with Crippen molar-refractivity contribution in [2.45, 2.75) is 12.5 Å². The number of likely N-dealkylation sites (tertiary alicyclic amines) is 1. The monoisotopic (exact) mass is 216 g/mol. The highest BCUT2D eigenvalue weighted by molar-refractivity contribution is 5.86. The standard InChI is InChI=1S/C11H12N4O/c1-15-5-4-10(11(15)16)14-9-3-2-8(6-12)13-7-9/h2-3,7,10,14H,4-5H2,1H3. The number of carbonyl (C=O) groups is 1. The van der Waals surface area contributed by atoms with Gasteiger partial charge in [0.25, 0.3) is 0 Å². The number of nitriles is 1. The van der Waals surface area contributed by atoms with E-state index in [1.165, 1.54) is 0 Å². The number of pyridine rings is 1. The van der Waals surface area contributed by atoms with Crippen LogP contribution in [0.15, 0.2) is 18.3 Å². The predicted octanol–water partition coefficient (Wildman–Crippen LogP) is 0.596. The van der Waals surface area contributed by atoms with Gasteiger partial charge in [-0.25, -0.2) is 4.98 Å². The summed E-state index contributed by atoms with van der Waals surface area (Å²) in [6.45, 7) is 0.778. The molecule has 5 heteroatoms. The number of rotatable bonds is 2. The molecular weight excluding hydrogens is 204 g/mol. The van der Waals surface area contributed by atoms with Gasteiger partial charge < -0.3 is 10.2 Å². The molecule has 1 aliphatic rings. The van der Waals surface area contributed by atoms with Crippen LogP contribution in [0.2, 0.25) is 0 Å². The minimum atomic E-state index is -0.167. The highest BCUT2D eigenvalue weighted by Gasteiger charge is 2.28. The van der Waals surface area contributed by atoms with Gasteiger partial charge in [0.05, 0.1) is 11.9 Å². The molecule has 0 aromatic carbocycles. The van der Waals surface area contributed by atoms with Gasteiger partial charge in [0.1, 0.15) is 17.8 Å². The van der Waals surface area contributed by atoms with E-state index in [1.54, 1.807) is 30.3 Å². The minimum Gasteiger partial charge on any atom is -0.372 e. The first-order chi connectivity index (χ1) is 7.70. The second-order valence-corrected chi connectivity index (χ2v) is 3.79. The van der Waals surface area contributed by atoms with Crippen LogP contribution >= 0.6 is 0 Å². The Bertz CT molecular complexity index is 434. The van der Waals surface area contributed by atoms with Crippen molar-refractivity contribution in [3.8, 4) is 6.07 Å². The molecule has 0 bridgehead atoms. The molecule has 0 radical (unpaired) electrons. The van der Waals surface area contributed by atoms with E-state index in [0.29, 0.717) is 5.69 Å². The molecule has 2 rings (SSSR count). The zero-order chi connectivity index (χ0) is 11.5. The summed E-state index contributed by atoms with van der Waals surface area (Å²) in [6.07, 6.45) is 2.37. The van der Waals surface area contributed by atoms with Crippen LogP contribution in [0.4, 0.5) is 5.69 Å². The maximum Gasteiger partial charge on any atom is 0.244 e. The zero-order valence-corrected chi connectivity index (χ0v) is 8.97. The van der Waals surface area contributed by atoms with Crippen LogP contribution in [-0.2, 0) is 4.79 Å². The fourth-order valence-electron chi connectivity index (χ4n) is 1.70. The van der Waals surface area contributed by atoms with E-state index < -0.39 is 0 Å². The third kappa shape index (κ3) is 1.96. The number of nitrogens with one attached hydrogen (secondary N) is 1. The van der Waals surface area contributed by atoms with E-state index in [1.807, 2.05) is 6.07 Å². The highest BCUT2D eigenvalue weighted by atomic mass is 16.2. The summed E-state index contributed by atoms with van der Waals surface area (Å²) in [5.74, 6) is 0.101. The Morgan fingerprint density at radius 1 is 1.62 bits per heavy atom. The normalized spacial score (nSPS) is 19.6. The number of aromatic nitrogens is 1. The maximum atomic E-state index is 11.6. The smallest absolute Gasteiger partial charge is 0.244 e. The Morgan fingerprint density at radius 2 is 2.44 bits per heavy atom. The molecule has 1 atom stereocenters. The fourth-order valence-corrected chi connectivity index (χ4v) is 1.70. The maximum absolute atomic E-state index is 11.6. The number of hydrogen-bond acceptors (Lipinski definition) is 4. The highest BCUT2D eigenvalue weighted by Crippen LogP contribution is 2.15. The van der Waals surface area contributed by atoms with Gasteiger partial charge in [0.15, 0.2) is 0 Å². The summed E-state index contributed by atoms with van der Waals surface area (Å²) in [5, 5.41) is 11.7. The third-order valence-electron chi connectivity index (χ3n) is 2.65. The molecule has 0 spiro atoms. The summed E-state index contributed by atoms with van der Waals surface area (Å²) >= 11 is 0. The van der Waals surface area contributed by atoms with Gasteiger partial charge in [-0.3, -0.25) is 4.79 Å². The first-order valence-electron chi connectivity index (χ1n) is 5.08. The molecule has 1 amide bonds. The summed E-state index contributed by atoms with van der Waals surface area (Å²) in [5.41, 5.74) is 1.15. The van der Waals surface area contributed by atoms with Gasteiger partial charge >= 0.3 is 0 Å². The first-order valence-corrected chi connectivity index (χ1v) is 5.08. The average Bonchev–Trinajstić information content (AvgIpc) is 2.62. The molecule has 1 fully saturated rings. The van der Waals surface area contributed by atoms with E-state index in [2.05, 4.69) is 10.3 Å². The first kappa shape index (κ1) is 10.4. The van der Waals surface area contributed by atoms with Crippen molar-refractivity contribution >= 4 is 11.6 Å². The number of nitrogens with zero attached hydrogens (tertiary/aromatic N) is 3. The van der Waals surface area contributed by atoms with Gasteiger partial charge in [-0.1, -0.05) is 0 Å². The minimum absolute atomic E-state index is 0.101. The zero-order valence-electron chi connectivity index (χ0n) is 8.97. The van der Waals surface area contributed by atoms with Gasteiger partial charge in [-0.15, -0.1) is 0 Å². The summed E-state index contributed by atoms with van der Waals surface area (Å²) in [4.78, 5) is 17.3. The van der Waals surface area contributed by atoms with Crippen LogP contribution < -0.4 is 5.32 Å². The van der Waals surface area contributed by atoms with E-state index >= 15 is 0 Å². The van der Waals surface area contributed by atoms with Crippen LogP contribution in [0, 0.1) is 11.3 Å². The Kier molecular flexibility index (Phi) is 2.73. The topological polar surface area (TPSA) is 69.0 Å². The molecule has 0 saturated carbocycles. The largest absolute Gasteiger partial charge is 0.372 e. The number of carbonyl (C=O) groups excluding carboxylic acids is 1. The Morgan fingerprint density at radius 3 is 2.94 bits per heavy atom. The van der Waals surface area contributed by atoms with Crippen LogP contribution in [0.25, 0.3) is 0 Å². The molecule has 0 aliphatic carbocycles. The average molecular weight is 216 g/mol. The molecule has 1 unspecified atom stereocenters. The molecule has 16 heavy (non-hydrogen) atoms. The Balaban J connectivity index is 2.05. The van der Waals surface area contributed by atoms with Crippen LogP contribution in [0.1, 0.15) is 12.1 Å². The molecule has 1 aromatic heterocycles. The SMILES string of the molecule is CN1CCC(Nc2ccc(C#N)nc2)C1=O. The van der Waals surface area contributed by atoms with Gasteiger partial charge in [-0.2, -0.15) is 5.26 Å². The van der Waals surface area contributed by atoms with Crippen molar-refractivity contribution in [2.24, 2.45) is 0 Å². The second-order valence-electron chi connectivity index (χ2n) is 3.79. The van der Waals surface area contributed by atoms with Crippen LogP contribution in [-0.4, -0.2) is 35.4 Å². The van der Waals surface area contributed by atoms with Crippen molar-refractivity contribution in [1.29, 1.82) is 5.26 Å². The van der Waals surface area contributed by atoms with Crippen molar-refractivity contribution in [3.05, 3.63) is 24.0 Å². The van der Waals surface area contributed by atoms with E-state index in [-0.39, 0.29) is 11.9 Å². The van der Waals surface area contributed by atoms with Gasteiger partial charge in [0, 0.05) is 13.6 Å². The lowest BCUT2D eigenvalue weighted by Crippen LogP contribution is -2.30. The predicted molar refractivity (Wildman–Crippen MR) is 58.6 cm³/mol. The van der Waals surface area contributed by atoms with Gasteiger partial charge in [-0.05, 0) is 18.6 Å². The van der Waals surface area contributed by atoms with Gasteiger partial charge in [0.2, 0.25) is 5.91 Å². The molecule has 82 valence electrons. The number of amides is 1. The van der Waals surface area contributed by atoms with Crippen molar-refractivity contribution < 1.29 is 4.79 Å². The molecule has 1 aliphatic heterocycles. The third-order valence-corrected chi connectivity index (χ3v) is 2.65. The van der Waals surface area contributed by atoms with Crippen molar-refractivity contribution in [1.82, 2.24) is 9.88 Å². The summed E-state index contributed by atoms with van der Waals surface area (Å²) in [6, 6.07) is 5.17. The van der Waals surface area contributed by atoms with Crippen molar-refractivity contribution in [3.63, 3.8) is 0 Å². The lowest BCUT2D eigenvalue weighted by molar-refractivity contribution is -0.127. The number of hydrogen-bond donors (Lipinski definition) is 1. The molecule has 1 aromatic rings. The molecule has 5 nitrogen and oxygen atoms in total. The Labute approximate surface area is 93.7 Å². The Hall–Kier alpha value is -2.09. The quantitative estimate of drug-likeness (QED) is 0.785. The number of anilines is 1. The van der Waals surface area contributed by atoms with E-state index in [0.717, 1.165) is 18.7 Å². The summed E-state index contributed by atoms with van der Waals surface area (Å²) < 4.78 is 0. The summed E-state index contributed by atoms with van der Waals surface area (Å²) in [7, 11) is 1.79. The van der Waals surface area contributed by atoms with Crippen LogP contribution in [0.3, 0.4) is 0 Å². The van der Waals surface area contributed by atoms with Crippen LogP contribution in [0.5, 0.6) is 0 Å². The second kappa shape index (κ2) is 4.19. The lowest BCUT2D eigenvalue weighted by atomic mass is 10.2. The molecule has 1 saturated heterocycles. The molecular formula is C11H12N4O. The number of likely N-dealkylation sites (N-methyl/N-ethyl adjacent to an activating group) is 1.